The molecule has 0 bridgehead atoms. The highest BCUT2D eigenvalue weighted by atomic mass is 79.9. The van der Waals surface area contributed by atoms with Crippen molar-refractivity contribution >= 4 is 43.9 Å². The number of halogens is 1. The van der Waals surface area contributed by atoms with E-state index in [0.717, 1.165) is 37.8 Å². The molecule has 0 aliphatic heterocycles. The molecule has 130 valence electrons. The fourth-order valence-corrected chi connectivity index (χ4v) is 3.87. The minimum Gasteiger partial charge on any atom is -0.320 e. The summed E-state index contributed by atoms with van der Waals surface area (Å²) in [6.45, 7) is 4.01. The Balaban J connectivity index is 1.83. The average molecular weight is 408 g/mol. The molecule has 1 amide bonds. The predicted molar refractivity (Wildman–Crippen MR) is 109 cm³/mol. The maximum absolute atomic E-state index is 13.1. The summed E-state index contributed by atoms with van der Waals surface area (Å²) in [5.74, 6) is -0.150. The molecule has 0 unspecified atom stereocenters. The molecular weight excluding hydrogens is 390 g/mol. The molecule has 2 heterocycles. The minimum atomic E-state index is -0.150. The summed E-state index contributed by atoms with van der Waals surface area (Å²) >= 11 is 3.52. The van der Waals surface area contributed by atoms with Crippen molar-refractivity contribution in [2.45, 2.75) is 20.3 Å². The van der Waals surface area contributed by atoms with Gasteiger partial charge in [-0.25, -0.2) is 4.98 Å². The number of imidazole rings is 1. The molecule has 0 fully saturated rings. The van der Waals surface area contributed by atoms with Gasteiger partial charge in [0.15, 0.2) is 0 Å². The van der Waals surface area contributed by atoms with Crippen molar-refractivity contribution in [2.75, 3.05) is 5.32 Å². The molecule has 0 saturated heterocycles. The number of carbonyl (C=O) groups is 1. The fraction of sp³-hybridized carbons (Fsp3) is 0.143. The number of anilines is 1. The third kappa shape index (κ3) is 2.78. The van der Waals surface area contributed by atoms with Crippen LogP contribution in [0.15, 0.2) is 59.2 Å². The zero-order chi connectivity index (χ0) is 18.3. The van der Waals surface area contributed by atoms with Crippen molar-refractivity contribution in [1.29, 1.82) is 0 Å². The summed E-state index contributed by atoms with van der Waals surface area (Å²) in [6, 6.07) is 15.9. The Labute approximate surface area is 160 Å². The molecule has 5 heteroatoms. The first-order chi connectivity index (χ1) is 12.6. The molecule has 1 N–H and O–H groups in total. The summed E-state index contributed by atoms with van der Waals surface area (Å²) in [5, 5.41) is 5.19. The Morgan fingerprint density at radius 2 is 1.96 bits per heavy atom. The van der Waals surface area contributed by atoms with E-state index in [1.54, 1.807) is 0 Å². The number of aromatic nitrogens is 2. The molecule has 0 saturated carbocycles. The largest absolute Gasteiger partial charge is 0.320 e. The molecule has 4 aromatic rings. The van der Waals surface area contributed by atoms with Gasteiger partial charge in [-0.05, 0) is 52.4 Å². The quantitative estimate of drug-likeness (QED) is 0.495. The van der Waals surface area contributed by atoms with Gasteiger partial charge in [0.05, 0.1) is 5.69 Å². The molecule has 26 heavy (non-hydrogen) atoms. The lowest BCUT2D eigenvalue weighted by molar-refractivity contribution is 0.102. The standard InChI is InChI=1S/C21H18BrN3O/c1-3-17-19(25-12-15(22)11-13(2)20(25)23-17)21(26)24-18-10-6-8-14-7-4-5-9-16(14)18/h4-12H,3H2,1-2H3,(H,24,26). The Kier molecular flexibility index (Phi) is 4.24. The number of hydrogen-bond donors (Lipinski definition) is 1. The van der Waals surface area contributed by atoms with Crippen LogP contribution >= 0.6 is 15.9 Å². The number of aryl methyl sites for hydroxylation is 2. The van der Waals surface area contributed by atoms with E-state index in [4.69, 9.17) is 0 Å². The van der Waals surface area contributed by atoms with E-state index in [1.807, 2.05) is 73.0 Å². The molecule has 0 spiro atoms. The molecule has 0 atom stereocenters. The van der Waals surface area contributed by atoms with Gasteiger partial charge in [-0.3, -0.25) is 9.20 Å². The van der Waals surface area contributed by atoms with Gasteiger partial charge in [0.1, 0.15) is 11.3 Å². The van der Waals surface area contributed by atoms with Gasteiger partial charge in [-0.2, -0.15) is 0 Å². The van der Waals surface area contributed by atoms with E-state index >= 15 is 0 Å². The Hall–Kier alpha value is -2.66. The molecule has 2 aromatic heterocycles. The molecule has 4 nitrogen and oxygen atoms in total. The normalized spacial score (nSPS) is 11.2. The second kappa shape index (κ2) is 6.57. The van der Waals surface area contributed by atoms with Gasteiger partial charge in [0.2, 0.25) is 0 Å². The van der Waals surface area contributed by atoms with Crippen molar-refractivity contribution in [1.82, 2.24) is 9.38 Å². The van der Waals surface area contributed by atoms with Crippen molar-refractivity contribution in [3.8, 4) is 0 Å². The van der Waals surface area contributed by atoms with Crippen LogP contribution in [-0.2, 0) is 6.42 Å². The van der Waals surface area contributed by atoms with Crippen LogP contribution in [0.4, 0.5) is 5.69 Å². The van der Waals surface area contributed by atoms with E-state index in [2.05, 4.69) is 26.2 Å². The third-order valence-electron chi connectivity index (χ3n) is 4.53. The van der Waals surface area contributed by atoms with E-state index < -0.39 is 0 Å². The van der Waals surface area contributed by atoms with Crippen LogP contribution < -0.4 is 5.32 Å². The Bertz CT molecular complexity index is 1140. The lowest BCUT2D eigenvalue weighted by Crippen LogP contribution is -2.16. The van der Waals surface area contributed by atoms with Gasteiger partial charge in [0.25, 0.3) is 5.91 Å². The molecule has 2 aromatic carbocycles. The topological polar surface area (TPSA) is 46.4 Å². The van der Waals surface area contributed by atoms with Gasteiger partial charge < -0.3 is 5.32 Å². The number of nitrogens with one attached hydrogen (secondary N) is 1. The summed E-state index contributed by atoms with van der Waals surface area (Å²) in [6.07, 6.45) is 2.59. The number of benzene rings is 2. The molecular formula is C21H18BrN3O. The number of carbonyl (C=O) groups excluding carboxylic acids is 1. The zero-order valence-electron chi connectivity index (χ0n) is 14.6. The first kappa shape index (κ1) is 16.8. The van der Waals surface area contributed by atoms with Crippen molar-refractivity contribution in [3.05, 3.63) is 76.2 Å². The van der Waals surface area contributed by atoms with Crippen molar-refractivity contribution in [2.24, 2.45) is 0 Å². The van der Waals surface area contributed by atoms with Crippen LogP contribution in [0.3, 0.4) is 0 Å². The first-order valence-corrected chi connectivity index (χ1v) is 9.34. The number of hydrogen-bond acceptors (Lipinski definition) is 2. The number of pyridine rings is 1. The predicted octanol–water partition coefficient (Wildman–Crippen LogP) is 5.37. The van der Waals surface area contributed by atoms with Crippen LogP contribution in [-0.4, -0.2) is 15.3 Å². The second-order valence-electron chi connectivity index (χ2n) is 6.28. The van der Waals surface area contributed by atoms with Crippen LogP contribution in [0, 0.1) is 6.92 Å². The summed E-state index contributed by atoms with van der Waals surface area (Å²) in [7, 11) is 0. The molecule has 4 rings (SSSR count). The number of amides is 1. The number of rotatable bonds is 3. The van der Waals surface area contributed by atoms with E-state index in [1.165, 1.54) is 0 Å². The summed E-state index contributed by atoms with van der Waals surface area (Å²) in [4.78, 5) is 17.8. The average Bonchev–Trinajstić information content (AvgIpc) is 3.01. The second-order valence-corrected chi connectivity index (χ2v) is 7.19. The highest BCUT2D eigenvalue weighted by Crippen LogP contribution is 2.25. The lowest BCUT2D eigenvalue weighted by Gasteiger charge is -2.10. The van der Waals surface area contributed by atoms with Crippen LogP contribution in [0.25, 0.3) is 16.4 Å². The summed E-state index contributed by atoms with van der Waals surface area (Å²) in [5.41, 5.74) is 4.02. The highest BCUT2D eigenvalue weighted by Gasteiger charge is 2.20. The van der Waals surface area contributed by atoms with Gasteiger partial charge in [0, 0.05) is 21.7 Å². The maximum Gasteiger partial charge on any atom is 0.274 e. The smallest absolute Gasteiger partial charge is 0.274 e. The highest BCUT2D eigenvalue weighted by molar-refractivity contribution is 9.10. The summed E-state index contributed by atoms with van der Waals surface area (Å²) < 4.78 is 2.79. The monoisotopic (exact) mass is 407 g/mol. The van der Waals surface area contributed by atoms with Crippen LogP contribution in [0.1, 0.15) is 28.7 Å². The molecule has 0 aliphatic carbocycles. The van der Waals surface area contributed by atoms with Crippen molar-refractivity contribution < 1.29 is 4.79 Å². The molecule has 0 radical (unpaired) electrons. The Morgan fingerprint density at radius 3 is 2.77 bits per heavy atom. The third-order valence-corrected chi connectivity index (χ3v) is 4.96. The van der Waals surface area contributed by atoms with Gasteiger partial charge in [-0.15, -0.1) is 0 Å². The minimum absolute atomic E-state index is 0.150. The van der Waals surface area contributed by atoms with E-state index in [9.17, 15) is 4.79 Å². The van der Waals surface area contributed by atoms with Gasteiger partial charge in [-0.1, -0.05) is 43.3 Å². The number of fused-ring (bicyclic) bond motifs is 2. The lowest BCUT2D eigenvalue weighted by atomic mass is 10.1. The SMILES string of the molecule is CCc1nc2c(C)cc(Br)cn2c1C(=O)Nc1cccc2ccccc12. The Morgan fingerprint density at radius 1 is 1.19 bits per heavy atom. The zero-order valence-corrected chi connectivity index (χ0v) is 16.2. The van der Waals surface area contributed by atoms with E-state index in [0.29, 0.717) is 12.1 Å². The van der Waals surface area contributed by atoms with Gasteiger partial charge >= 0.3 is 0 Å². The maximum atomic E-state index is 13.1. The van der Waals surface area contributed by atoms with Crippen LogP contribution in [0.2, 0.25) is 0 Å². The van der Waals surface area contributed by atoms with Crippen molar-refractivity contribution in [3.63, 3.8) is 0 Å². The first-order valence-electron chi connectivity index (χ1n) is 8.54. The van der Waals surface area contributed by atoms with Crippen LogP contribution in [0.5, 0.6) is 0 Å². The van der Waals surface area contributed by atoms with E-state index in [-0.39, 0.29) is 5.91 Å². The molecule has 0 aliphatic rings. The number of nitrogens with zero attached hydrogens (tertiary/aromatic N) is 2. The fourth-order valence-electron chi connectivity index (χ4n) is 3.32.